The van der Waals surface area contributed by atoms with Crippen LogP contribution >= 0.6 is 0 Å². The van der Waals surface area contributed by atoms with Crippen LogP contribution in [0, 0.1) is 11.6 Å². The number of rotatable bonds is 2. The SMILES string of the molecule is CC(F)(F)c1cc(F)c(F)cc1B1OC(C)(C)C(C)(C)O1. The first-order valence-corrected chi connectivity index (χ1v) is 6.58. The summed E-state index contributed by atoms with van der Waals surface area (Å²) in [7, 11) is -1.18. The van der Waals surface area contributed by atoms with Crippen molar-refractivity contribution < 1.29 is 26.9 Å². The summed E-state index contributed by atoms with van der Waals surface area (Å²) < 4.78 is 65.3. The summed E-state index contributed by atoms with van der Waals surface area (Å²) in [6, 6.07) is 1.21. The first kappa shape index (κ1) is 16.3. The second kappa shape index (κ2) is 4.71. The molecule has 1 saturated heterocycles. The van der Waals surface area contributed by atoms with Crippen molar-refractivity contribution in [2.24, 2.45) is 0 Å². The van der Waals surface area contributed by atoms with E-state index in [2.05, 4.69) is 0 Å². The third kappa shape index (κ3) is 2.81. The molecule has 1 aliphatic heterocycles. The summed E-state index contributed by atoms with van der Waals surface area (Å²) in [6.45, 7) is 7.61. The van der Waals surface area contributed by atoms with Gasteiger partial charge >= 0.3 is 7.12 Å². The van der Waals surface area contributed by atoms with Crippen molar-refractivity contribution in [1.29, 1.82) is 0 Å². The molecule has 0 spiro atoms. The Labute approximate surface area is 121 Å². The van der Waals surface area contributed by atoms with Crippen LogP contribution in [-0.4, -0.2) is 18.3 Å². The fourth-order valence-corrected chi connectivity index (χ4v) is 2.11. The van der Waals surface area contributed by atoms with Gasteiger partial charge in [-0.15, -0.1) is 0 Å². The highest BCUT2D eigenvalue weighted by atomic mass is 19.3. The van der Waals surface area contributed by atoms with E-state index in [1.807, 2.05) is 0 Å². The van der Waals surface area contributed by atoms with E-state index in [1.165, 1.54) is 0 Å². The van der Waals surface area contributed by atoms with Crippen LogP contribution in [0.15, 0.2) is 12.1 Å². The van der Waals surface area contributed by atoms with Crippen LogP contribution in [0.3, 0.4) is 0 Å². The summed E-state index contributed by atoms with van der Waals surface area (Å²) in [5, 5.41) is 0. The summed E-state index contributed by atoms with van der Waals surface area (Å²) in [6.07, 6.45) is 0. The molecule has 0 bridgehead atoms. The van der Waals surface area contributed by atoms with Gasteiger partial charge in [0.1, 0.15) is 0 Å². The monoisotopic (exact) mass is 304 g/mol. The molecular formula is C14H17BF4O2. The first-order chi connectivity index (χ1) is 9.35. The molecule has 2 rings (SSSR count). The Morgan fingerprint density at radius 1 is 0.952 bits per heavy atom. The second-order valence-electron chi connectivity index (χ2n) is 6.33. The Kier molecular flexibility index (Phi) is 3.66. The van der Waals surface area contributed by atoms with Gasteiger partial charge in [0.05, 0.1) is 11.2 Å². The van der Waals surface area contributed by atoms with Crippen molar-refractivity contribution >= 4 is 12.6 Å². The van der Waals surface area contributed by atoms with Gasteiger partial charge in [0.2, 0.25) is 0 Å². The van der Waals surface area contributed by atoms with Gasteiger partial charge in [-0.1, -0.05) is 0 Å². The van der Waals surface area contributed by atoms with E-state index in [0.29, 0.717) is 19.1 Å². The highest BCUT2D eigenvalue weighted by molar-refractivity contribution is 6.62. The molecular weight excluding hydrogens is 287 g/mol. The number of hydrogen-bond acceptors (Lipinski definition) is 2. The van der Waals surface area contributed by atoms with Crippen LogP contribution in [0.5, 0.6) is 0 Å². The lowest BCUT2D eigenvalue weighted by Crippen LogP contribution is -2.41. The number of alkyl halides is 2. The van der Waals surface area contributed by atoms with Gasteiger partial charge in [-0.25, -0.2) is 17.6 Å². The van der Waals surface area contributed by atoms with E-state index in [-0.39, 0.29) is 5.46 Å². The van der Waals surface area contributed by atoms with Crippen LogP contribution in [0.2, 0.25) is 0 Å². The Morgan fingerprint density at radius 2 is 1.38 bits per heavy atom. The molecule has 1 aromatic carbocycles. The predicted octanol–water partition coefficient (Wildman–Crippen LogP) is 3.38. The summed E-state index contributed by atoms with van der Waals surface area (Å²) in [4.78, 5) is 0. The van der Waals surface area contributed by atoms with Crippen LogP contribution in [0.25, 0.3) is 0 Å². The van der Waals surface area contributed by atoms with Gasteiger partial charge in [0.15, 0.2) is 11.6 Å². The van der Waals surface area contributed by atoms with Crippen molar-refractivity contribution in [2.45, 2.75) is 51.7 Å². The molecule has 0 radical (unpaired) electrons. The van der Waals surface area contributed by atoms with E-state index in [4.69, 9.17) is 9.31 Å². The van der Waals surface area contributed by atoms with Crippen molar-refractivity contribution in [2.75, 3.05) is 0 Å². The zero-order chi connectivity index (χ0) is 16.2. The molecule has 7 heteroatoms. The predicted molar refractivity (Wildman–Crippen MR) is 71.6 cm³/mol. The molecule has 1 fully saturated rings. The van der Waals surface area contributed by atoms with Crippen molar-refractivity contribution in [3.63, 3.8) is 0 Å². The topological polar surface area (TPSA) is 18.5 Å². The highest BCUT2D eigenvalue weighted by Crippen LogP contribution is 2.38. The summed E-state index contributed by atoms with van der Waals surface area (Å²) >= 11 is 0. The Bertz CT molecular complexity index is 551. The fourth-order valence-electron chi connectivity index (χ4n) is 2.11. The molecule has 0 aromatic heterocycles. The zero-order valence-corrected chi connectivity index (χ0v) is 12.6. The minimum absolute atomic E-state index is 0.194. The summed E-state index contributed by atoms with van der Waals surface area (Å²) in [5.74, 6) is -5.88. The molecule has 0 aliphatic carbocycles. The molecule has 1 heterocycles. The number of halogens is 4. The smallest absolute Gasteiger partial charge is 0.399 e. The normalized spacial score (nSPS) is 20.9. The van der Waals surface area contributed by atoms with Gasteiger partial charge in [-0.2, -0.15) is 0 Å². The third-order valence-electron chi connectivity index (χ3n) is 4.07. The van der Waals surface area contributed by atoms with Crippen molar-refractivity contribution in [3.8, 4) is 0 Å². The van der Waals surface area contributed by atoms with Gasteiger partial charge < -0.3 is 9.31 Å². The quantitative estimate of drug-likeness (QED) is 0.616. The molecule has 116 valence electrons. The fraction of sp³-hybridized carbons (Fsp3) is 0.571. The molecule has 0 saturated carbocycles. The Hall–Kier alpha value is -1.08. The van der Waals surface area contributed by atoms with E-state index < -0.39 is 41.4 Å². The molecule has 1 aromatic rings. The average Bonchev–Trinajstić information content (AvgIpc) is 2.50. The molecule has 1 aliphatic rings. The van der Waals surface area contributed by atoms with E-state index in [9.17, 15) is 17.6 Å². The van der Waals surface area contributed by atoms with Crippen molar-refractivity contribution in [3.05, 3.63) is 29.3 Å². The average molecular weight is 304 g/mol. The standard InChI is InChI=1S/C14H17BF4O2/c1-12(2)13(3,4)21-15(20-12)9-7-11(17)10(16)6-8(9)14(5,18)19/h6-7H,1-5H3. The van der Waals surface area contributed by atoms with Gasteiger partial charge in [-0.05, 0) is 45.3 Å². The molecule has 0 unspecified atom stereocenters. The number of hydrogen-bond donors (Lipinski definition) is 0. The lowest BCUT2D eigenvalue weighted by atomic mass is 9.74. The summed E-state index contributed by atoms with van der Waals surface area (Å²) in [5.41, 5.74) is -2.36. The largest absolute Gasteiger partial charge is 0.495 e. The van der Waals surface area contributed by atoms with Crippen LogP contribution in [0.4, 0.5) is 17.6 Å². The lowest BCUT2D eigenvalue weighted by Gasteiger charge is -2.32. The van der Waals surface area contributed by atoms with E-state index in [0.717, 1.165) is 0 Å². The maximum atomic E-state index is 13.7. The highest BCUT2D eigenvalue weighted by Gasteiger charge is 2.53. The maximum absolute atomic E-state index is 13.7. The minimum atomic E-state index is -3.34. The first-order valence-electron chi connectivity index (χ1n) is 6.58. The van der Waals surface area contributed by atoms with Crippen LogP contribution < -0.4 is 5.46 Å². The zero-order valence-electron chi connectivity index (χ0n) is 12.6. The van der Waals surface area contributed by atoms with E-state index >= 15 is 0 Å². The Morgan fingerprint density at radius 3 is 1.81 bits per heavy atom. The van der Waals surface area contributed by atoms with Gasteiger partial charge in [0.25, 0.3) is 5.92 Å². The third-order valence-corrected chi connectivity index (χ3v) is 4.07. The van der Waals surface area contributed by atoms with Crippen LogP contribution in [0.1, 0.15) is 40.2 Å². The van der Waals surface area contributed by atoms with Gasteiger partial charge in [-0.3, -0.25) is 0 Å². The molecule has 0 amide bonds. The molecule has 21 heavy (non-hydrogen) atoms. The van der Waals surface area contributed by atoms with E-state index in [1.54, 1.807) is 27.7 Å². The number of benzene rings is 1. The van der Waals surface area contributed by atoms with Gasteiger partial charge in [0, 0.05) is 12.5 Å². The maximum Gasteiger partial charge on any atom is 0.495 e. The Balaban J connectivity index is 2.53. The molecule has 0 atom stereocenters. The van der Waals surface area contributed by atoms with Crippen molar-refractivity contribution in [1.82, 2.24) is 0 Å². The molecule has 2 nitrogen and oxygen atoms in total. The second-order valence-corrected chi connectivity index (χ2v) is 6.33. The van der Waals surface area contributed by atoms with Crippen LogP contribution in [-0.2, 0) is 15.2 Å². The minimum Gasteiger partial charge on any atom is -0.399 e. The molecule has 0 N–H and O–H groups in total. The lowest BCUT2D eigenvalue weighted by molar-refractivity contribution is 0.00578.